The number of hydrazone groups is 1. The van der Waals surface area contributed by atoms with Crippen LogP contribution in [0.25, 0.3) is 5.69 Å². The molecule has 0 bridgehead atoms. The first-order valence-corrected chi connectivity index (χ1v) is 9.17. The molecule has 0 amide bonds. The second-order valence-corrected chi connectivity index (χ2v) is 7.21. The zero-order valence-corrected chi connectivity index (χ0v) is 16.5. The van der Waals surface area contributed by atoms with Crippen LogP contribution in [0.5, 0.6) is 0 Å². The third-order valence-electron chi connectivity index (χ3n) is 4.03. The first-order chi connectivity index (χ1) is 12.0. The summed E-state index contributed by atoms with van der Waals surface area (Å²) in [6.45, 7) is 4.87. The molecule has 0 unspecified atom stereocenters. The normalized spacial score (nSPS) is 11.2. The molecule has 2 aromatic carbocycles. The molecule has 0 spiro atoms. The van der Waals surface area contributed by atoms with Crippen molar-refractivity contribution in [1.29, 1.82) is 0 Å². The SMILES string of the molecule is Cc1cc(/C=N\NCc2ccc(Cl)cc2)c(C)n1-c1cccc(Br)c1. The quantitative estimate of drug-likeness (QED) is 0.423. The van der Waals surface area contributed by atoms with Crippen molar-refractivity contribution in [2.24, 2.45) is 5.10 Å². The van der Waals surface area contributed by atoms with Crippen molar-refractivity contribution in [2.45, 2.75) is 20.4 Å². The number of nitrogens with zero attached hydrogens (tertiary/aromatic N) is 2. The van der Waals surface area contributed by atoms with Crippen LogP contribution < -0.4 is 5.43 Å². The Hall–Kier alpha value is -2.04. The van der Waals surface area contributed by atoms with Gasteiger partial charge in [0.2, 0.25) is 0 Å². The fourth-order valence-corrected chi connectivity index (χ4v) is 3.30. The van der Waals surface area contributed by atoms with Crippen LogP contribution in [-0.4, -0.2) is 10.8 Å². The summed E-state index contributed by atoms with van der Waals surface area (Å²) in [7, 11) is 0. The van der Waals surface area contributed by atoms with Gasteiger partial charge in [-0.2, -0.15) is 5.10 Å². The van der Waals surface area contributed by atoms with Gasteiger partial charge in [-0.1, -0.05) is 45.7 Å². The summed E-state index contributed by atoms with van der Waals surface area (Å²) in [6, 6.07) is 18.2. The van der Waals surface area contributed by atoms with Gasteiger partial charge in [0.25, 0.3) is 0 Å². The molecule has 128 valence electrons. The fraction of sp³-hybridized carbons (Fsp3) is 0.150. The molecule has 0 radical (unpaired) electrons. The van der Waals surface area contributed by atoms with Crippen LogP contribution in [-0.2, 0) is 6.54 Å². The van der Waals surface area contributed by atoms with Gasteiger partial charge in [0.15, 0.2) is 0 Å². The van der Waals surface area contributed by atoms with Crippen LogP contribution in [0.2, 0.25) is 5.02 Å². The molecule has 0 aliphatic rings. The molecule has 25 heavy (non-hydrogen) atoms. The van der Waals surface area contributed by atoms with Crippen molar-refractivity contribution in [3.63, 3.8) is 0 Å². The van der Waals surface area contributed by atoms with Crippen LogP contribution in [0, 0.1) is 13.8 Å². The molecule has 0 atom stereocenters. The first-order valence-electron chi connectivity index (χ1n) is 8.00. The summed E-state index contributed by atoms with van der Waals surface area (Å²) in [5.74, 6) is 0. The number of halogens is 2. The average Bonchev–Trinajstić information content (AvgIpc) is 2.87. The van der Waals surface area contributed by atoms with Crippen molar-refractivity contribution in [1.82, 2.24) is 9.99 Å². The number of hydrogen-bond donors (Lipinski definition) is 1. The lowest BCUT2D eigenvalue weighted by Crippen LogP contribution is -2.05. The van der Waals surface area contributed by atoms with Crippen LogP contribution >= 0.6 is 27.5 Å². The third kappa shape index (κ3) is 4.33. The molecule has 3 aromatic rings. The van der Waals surface area contributed by atoms with Gasteiger partial charge >= 0.3 is 0 Å². The summed E-state index contributed by atoms with van der Waals surface area (Å²) in [6.07, 6.45) is 1.87. The largest absolute Gasteiger partial charge is 0.318 e. The number of hydrogen-bond acceptors (Lipinski definition) is 2. The Balaban J connectivity index is 1.73. The molecular weight excluding hydrogens is 398 g/mol. The van der Waals surface area contributed by atoms with Crippen LogP contribution in [0.15, 0.2) is 64.2 Å². The predicted molar refractivity (Wildman–Crippen MR) is 109 cm³/mol. The van der Waals surface area contributed by atoms with E-state index in [0.29, 0.717) is 6.54 Å². The van der Waals surface area contributed by atoms with E-state index in [9.17, 15) is 0 Å². The summed E-state index contributed by atoms with van der Waals surface area (Å²) in [5.41, 5.74) is 8.79. The van der Waals surface area contributed by atoms with Gasteiger partial charge < -0.3 is 9.99 Å². The van der Waals surface area contributed by atoms with Crippen LogP contribution in [0.4, 0.5) is 0 Å². The average molecular weight is 417 g/mol. The highest BCUT2D eigenvalue weighted by Crippen LogP contribution is 2.22. The van der Waals surface area contributed by atoms with E-state index in [1.54, 1.807) is 0 Å². The molecule has 1 heterocycles. The lowest BCUT2D eigenvalue weighted by atomic mass is 10.2. The van der Waals surface area contributed by atoms with E-state index in [4.69, 9.17) is 11.6 Å². The van der Waals surface area contributed by atoms with E-state index in [1.165, 1.54) is 5.69 Å². The van der Waals surface area contributed by atoms with E-state index in [1.807, 2.05) is 42.6 Å². The minimum absolute atomic E-state index is 0.665. The minimum Gasteiger partial charge on any atom is -0.318 e. The Kier molecular flexibility index (Phi) is 5.61. The van der Waals surface area contributed by atoms with Gasteiger partial charge in [0, 0.05) is 32.1 Å². The zero-order chi connectivity index (χ0) is 17.8. The van der Waals surface area contributed by atoms with Crippen molar-refractivity contribution in [3.05, 3.63) is 86.6 Å². The molecule has 3 nitrogen and oxygen atoms in total. The fourth-order valence-electron chi connectivity index (χ4n) is 2.79. The summed E-state index contributed by atoms with van der Waals surface area (Å²) in [5, 5.41) is 5.10. The minimum atomic E-state index is 0.665. The van der Waals surface area contributed by atoms with Crippen molar-refractivity contribution >= 4 is 33.7 Å². The first kappa shape index (κ1) is 17.8. The Morgan fingerprint density at radius 1 is 1.12 bits per heavy atom. The molecule has 3 rings (SSSR count). The predicted octanol–water partition coefficient (Wildman–Crippen LogP) is 5.63. The number of benzene rings is 2. The standard InChI is InChI=1S/C20H19BrClN3/c1-14-10-17(13-24-23-12-16-6-8-19(22)9-7-16)15(2)25(14)20-5-3-4-18(21)11-20/h3-11,13,23H,12H2,1-2H3/b24-13-. The number of aryl methyl sites for hydroxylation is 1. The molecule has 0 saturated carbocycles. The lowest BCUT2D eigenvalue weighted by molar-refractivity contribution is 0.748. The third-order valence-corrected chi connectivity index (χ3v) is 4.77. The van der Waals surface area contributed by atoms with E-state index >= 15 is 0 Å². The van der Waals surface area contributed by atoms with Gasteiger partial charge in [-0.15, -0.1) is 0 Å². The summed E-state index contributed by atoms with van der Waals surface area (Å²) >= 11 is 9.43. The van der Waals surface area contributed by atoms with Crippen molar-refractivity contribution in [2.75, 3.05) is 0 Å². The second-order valence-electron chi connectivity index (χ2n) is 5.86. The molecule has 0 saturated heterocycles. The molecular formula is C20H19BrClN3. The number of aromatic nitrogens is 1. The molecule has 0 fully saturated rings. The molecule has 1 N–H and O–H groups in total. The van der Waals surface area contributed by atoms with Gasteiger partial charge in [-0.05, 0) is 55.8 Å². The molecule has 0 aliphatic heterocycles. The highest BCUT2D eigenvalue weighted by atomic mass is 79.9. The maximum Gasteiger partial charge on any atom is 0.0580 e. The maximum atomic E-state index is 5.89. The van der Waals surface area contributed by atoms with Crippen molar-refractivity contribution in [3.8, 4) is 5.69 Å². The molecule has 1 aromatic heterocycles. The topological polar surface area (TPSA) is 29.3 Å². The Labute approximate surface area is 161 Å². The highest BCUT2D eigenvalue weighted by molar-refractivity contribution is 9.10. The Bertz CT molecular complexity index is 898. The van der Waals surface area contributed by atoms with E-state index < -0.39 is 0 Å². The van der Waals surface area contributed by atoms with E-state index in [0.717, 1.165) is 32.0 Å². The van der Waals surface area contributed by atoms with Gasteiger partial charge in [-0.25, -0.2) is 0 Å². The highest BCUT2D eigenvalue weighted by Gasteiger charge is 2.09. The zero-order valence-electron chi connectivity index (χ0n) is 14.1. The molecule has 5 heteroatoms. The maximum absolute atomic E-state index is 5.89. The smallest absolute Gasteiger partial charge is 0.0580 e. The second kappa shape index (κ2) is 7.89. The van der Waals surface area contributed by atoms with E-state index in [-0.39, 0.29) is 0 Å². The van der Waals surface area contributed by atoms with Crippen molar-refractivity contribution < 1.29 is 0 Å². The van der Waals surface area contributed by atoms with Gasteiger partial charge in [0.05, 0.1) is 12.8 Å². The number of nitrogens with one attached hydrogen (secondary N) is 1. The summed E-state index contributed by atoms with van der Waals surface area (Å²) in [4.78, 5) is 0. The van der Waals surface area contributed by atoms with Crippen LogP contribution in [0.3, 0.4) is 0 Å². The van der Waals surface area contributed by atoms with Crippen LogP contribution in [0.1, 0.15) is 22.5 Å². The number of rotatable bonds is 5. The van der Waals surface area contributed by atoms with Gasteiger partial charge in [-0.3, -0.25) is 0 Å². The summed E-state index contributed by atoms with van der Waals surface area (Å²) < 4.78 is 3.29. The lowest BCUT2D eigenvalue weighted by Gasteiger charge is -2.09. The Morgan fingerprint density at radius 2 is 1.88 bits per heavy atom. The van der Waals surface area contributed by atoms with E-state index in [2.05, 4.69) is 63.1 Å². The Morgan fingerprint density at radius 3 is 2.60 bits per heavy atom. The monoisotopic (exact) mass is 415 g/mol. The molecule has 0 aliphatic carbocycles. The van der Waals surface area contributed by atoms with Gasteiger partial charge in [0.1, 0.15) is 0 Å².